The molecule has 0 aromatic heterocycles. The van der Waals surface area contributed by atoms with Gasteiger partial charge in [0, 0.05) is 6.42 Å². The summed E-state index contributed by atoms with van der Waals surface area (Å²) in [6.45, 7) is -0.887. The van der Waals surface area contributed by atoms with Gasteiger partial charge in [0.1, 0.15) is 5.29 Å². The van der Waals surface area contributed by atoms with E-state index in [4.69, 9.17) is 4.74 Å². The number of carbonyl (C=O) groups excluding carboxylic acids is 2. The normalized spacial score (nSPS) is 11.0. The minimum absolute atomic E-state index is 0.128. The lowest BCUT2D eigenvalue weighted by Gasteiger charge is -2.31. The summed E-state index contributed by atoms with van der Waals surface area (Å²) >= 11 is 0. The van der Waals surface area contributed by atoms with E-state index in [1.165, 1.54) is 0 Å². The van der Waals surface area contributed by atoms with Crippen LogP contribution in [0.25, 0.3) is 0 Å². The van der Waals surface area contributed by atoms with Crippen molar-refractivity contribution in [1.29, 1.82) is 0 Å². The van der Waals surface area contributed by atoms with Gasteiger partial charge < -0.3 is 4.74 Å². The van der Waals surface area contributed by atoms with Gasteiger partial charge in [-0.1, -0.05) is 121 Å². The first-order chi connectivity index (χ1) is 16.7. The Morgan fingerprint density at radius 1 is 0.618 bits per heavy atom. The Hall–Kier alpha value is -3.68. The lowest BCUT2D eigenvalue weighted by Crippen LogP contribution is -2.39. The van der Waals surface area contributed by atoms with Gasteiger partial charge >= 0.3 is 5.97 Å². The van der Waals surface area contributed by atoms with Gasteiger partial charge in [-0.2, -0.15) is 0 Å². The Bertz CT molecular complexity index is 1200. The first kappa shape index (κ1) is 23.5. The van der Waals surface area contributed by atoms with Crippen LogP contribution >= 0.6 is 6.89 Å². The maximum absolute atomic E-state index is 14.1. The van der Waals surface area contributed by atoms with E-state index in [1.54, 1.807) is 6.92 Å². The minimum Gasteiger partial charge on any atom is -0.462 e. The molecule has 0 saturated heterocycles. The van der Waals surface area contributed by atoms with E-state index in [0.717, 1.165) is 21.5 Å². The average Bonchev–Trinajstić information content (AvgIpc) is 2.89. The highest BCUT2D eigenvalue weighted by Crippen LogP contribution is 2.46. The van der Waals surface area contributed by atoms with Crippen LogP contribution in [0.3, 0.4) is 0 Å². The highest BCUT2D eigenvalue weighted by atomic mass is 31.2. The van der Waals surface area contributed by atoms with E-state index >= 15 is 0 Å². The molecule has 0 radical (unpaired) electrons. The van der Waals surface area contributed by atoms with Crippen LogP contribution in [0.1, 0.15) is 12.5 Å². The summed E-state index contributed by atoms with van der Waals surface area (Å²) in [6.07, 6.45) is 0.128. The number of Topliss-reactive ketones (excluding diaryl/α,β-unsaturated/α-hetero) is 1. The van der Waals surface area contributed by atoms with Gasteiger partial charge in [-0.3, -0.25) is 4.79 Å². The van der Waals surface area contributed by atoms with Gasteiger partial charge in [-0.25, -0.2) is 4.79 Å². The van der Waals surface area contributed by atoms with E-state index in [-0.39, 0.29) is 24.1 Å². The third kappa shape index (κ3) is 4.66. The molecule has 3 nitrogen and oxygen atoms in total. The highest BCUT2D eigenvalue weighted by Gasteiger charge is 2.37. The zero-order chi connectivity index (χ0) is 23.8. The number of hydrogen-bond donors (Lipinski definition) is 0. The molecule has 0 atom stereocenters. The second-order valence-corrected chi connectivity index (χ2v) is 11.2. The topological polar surface area (TPSA) is 43.4 Å². The van der Waals surface area contributed by atoms with Gasteiger partial charge in [0.2, 0.25) is 0 Å². The Morgan fingerprint density at radius 2 is 1.00 bits per heavy atom. The standard InChI is InChI=1S/C30H27O3P/c1-2-33-30(32)29(28(31)23-24-15-7-3-8-16-24)34(25-17-9-4-10-18-25,26-19-11-5-12-20-26)27-21-13-6-14-22-27/h3-22H,2,23H2,1H3. The van der Waals surface area contributed by atoms with Gasteiger partial charge in [-0.15, -0.1) is 0 Å². The Morgan fingerprint density at radius 3 is 1.38 bits per heavy atom. The molecule has 0 unspecified atom stereocenters. The zero-order valence-corrected chi connectivity index (χ0v) is 20.0. The molecule has 0 N–H and O–H groups in total. The predicted molar refractivity (Wildman–Crippen MR) is 142 cm³/mol. The number of ketones is 1. The maximum atomic E-state index is 14.1. The molecule has 0 bridgehead atoms. The summed E-state index contributed by atoms with van der Waals surface area (Å²) in [5.74, 6) is -0.761. The lowest BCUT2D eigenvalue weighted by atomic mass is 10.1. The first-order valence-electron chi connectivity index (χ1n) is 11.4. The zero-order valence-electron chi connectivity index (χ0n) is 19.1. The molecule has 4 aromatic carbocycles. The predicted octanol–water partition coefficient (Wildman–Crippen LogP) is 4.53. The second kappa shape index (κ2) is 11.0. The molecule has 0 aliphatic rings. The van der Waals surface area contributed by atoms with Crippen molar-refractivity contribution in [1.82, 2.24) is 0 Å². The number of carbonyl (C=O) groups is 2. The lowest BCUT2D eigenvalue weighted by molar-refractivity contribution is -0.135. The van der Waals surface area contributed by atoms with Gasteiger partial charge in [0.25, 0.3) is 0 Å². The van der Waals surface area contributed by atoms with Crippen molar-refractivity contribution in [3.05, 3.63) is 127 Å². The third-order valence-electron chi connectivity index (χ3n) is 5.71. The fourth-order valence-corrected chi connectivity index (χ4v) is 8.61. The van der Waals surface area contributed by atoms with Crippen LogP contribution in [0.4, 0.5) is 0 Å². The van der Waals surface area contributed by atoms with Crippen LogP contribution in [0, 0.1) is 0 Å². The molecular formula is C30H27O3P. The summed E-state index contributed by atoms with van der Waals surface area (Å²) in [5.41, 5.74) is 0.863. The van der Waals surface area contributed by atoms with Crippen molar-refractivity contribution < 1.29 is 14.3 Å². The number of benzene rings is 4. The molecule has 170 valence electrons. The quantitative estimate of drug-likeness (QED) is 0.218. The molecule has 4 rings (SSSR count). The molecule has 0 aliphatic heterocycles. The van der Waals surface area contributed by atoms with E-state index in [1.807, 2.05) is 121 Å². The highest BCUT2D eigenvalue weighted by molar-refractivity contribution is 7.97. The summed E-state index contributed by atoms with van der Waals surface area (Å²) in [5, 5.41) is 3.05. The van der Waals surface area contributed by atoms with Crippen LogP contribution in [0.2, 0.25) is 0 Å². The Balaban J connectivity index is 2.16. The van der Waals surface area contributed by atoms with Crippen LogP contribution in [-0.4, -0.2) is 23.7 Å². The monoisotopic (exact) mass is 466 g/mol. The van der Waals surface area contributed by atoms with Crippen molar-refractivity contribution in [3.63, 3.8) is 0 Å². The van der Waals surface area contributed by atoms with Crippen molar-refractivity contribution in [2.45, 2.75) is 13.3 Å². The second-order valence-electron chi connectivity index (χ2n) is 7.83. The molecule has 0 saturated carbocycles. The molecular weight excluding hydrogens is 439 g/mol. The van der Waals surface area contributed by atoms with Crippen LogP contribution < -0.4 is 15.9 Å². The fourth-order valence-electron chi connectivity index (χ4n) is 4.29. The number of esters is 1. The Labute approximate surface area is 201 Å². The fraction of sp³-hybridized carbons (Fsp3) is 0.100. The van der Waals surface area contributed by atoms with E-state index in [9.17, 15) is 9.59 Å². The van der Waals surface area contributed by atoms with E-state index in [2.05, 4.69) is 0 Å². The van der Waals surface area contributed by atoms with Crippen LogP contribution in [0.5, 0.6) is 0 Å². The SMILES string of the molecule is CCOC(=O)C(C(=O)Cc1ccccc1)=P(c1ccccc1)(c1ccccc1)c1ccccc1. The summed E-state index contributed by atoms with van der Waals surface area (Å²) < 4.78 is 5.56. The largest absolute Gasteiger partial charge is 0.462 e. The van der Waals surface area contributed by atoms with Crippen LogP contribution in [-0.2, 0) is 20.7 Å². The Kier molecular flexibility index (Phi) is 7.57. The number of hydrogen-bond acceptors (Lipinski definition) is 3. The molecule has 34 heavy (non-hydrogen) atoms. The number of ether oxygens (including phenoxy) is 1. The summed E-state index contributed by atoms with van der Waals surface area (Å²) in [4.78, 5) is 27.8. The van der Waals surface area contributed by atoms with Crippen molar-refractivity contribution in [2.24, 2.45) is 0 Å². The smallest absolute Gasteiger partial charge is 0.342 e. The van der Waals surface area contributed by atoms with Gasteiger partial charge in [0.05, 0.1) is 6.61 Å². The molecule has 0 spiro atoms. The maximum Gasteiger partial charge on any atom is 0.342 e. The minimum atomic E-state index is -2.85. The molecule has 4 aromatic rings. The molecule has 4 heteroatoms. The molecule has 0 fully saturated rings. The van der Waals surface area contributed by atoms with Crippen LogP contribution in [0.15, 0.2) is 121 Å². The molecule has 0 amide bonds. The molecule has 0 aliphatic carbocycles. The van der Waals surface area contributed by atoms with E-state index < -0.39 is 12.9 Å². The van der Waals surface area contributed by atoms with Crippen molar-refractivity contribution in [3.8, 4) is 0 Å². The summed E-state index contributed by atoms with van der Waals surface area (Å²) in [7, 11) is 0. The van der Waals surface area contributed by atoms with Gasteiger partial charge in [-0.05, 0) is 35.3 Å². The van der Waals surface area contributed by atoms with Gasteiger partial charge in [0.15, 0.2) is 5.78 Å². The summed E-state index contributed by atoms with van der Waals surface area (Å²) in [6, 6.07) is 39.2. The molecule has 0 heterocycles. The van der Waals surface area contributed by atoms with E-state index in [0.29, 0.717) is 0 Å². The van der Waals surface area contributed by atoms with Crippen molar-refractivity contribution >= 4 is 39.8 Å². The third-order valence-corrected chi connectivity index (χ3v) is 10.0. The van der Waals surface area contributed by atoms with Crippen molar-refractivity contribution in [2.75, 3.05) is 6.61 Å². The average molecular weight is 467 g/mol. The number of rotatable bonds is 8. The first-order valence-corrected chi connectivity index (χ1v) is 13.1.